The standard InChI is InChI=1S/C25H30F3N3O3/c1-17(2)16-34-21-7-4-18(14-22(21)33-3)5-9-24(32)30-20-10-12-31(13-11-20)23-8-6-19(15-29-23)25(26,27)28/h4-9,14-15,17,20H,10-13,16H2,1-3H3,(H,30,32). The molecule has 0 atom stereocenters. The summed E-state index contributed by atoms with van der Waals surface area (Å²) in [6.45, 7) is 5.92. The Labute approximate surface area is 197 Å². The number of piperidine rings is 1. The molecule has 2 aromatic rings. The molecule has 0 aliphatic carbocycles. The van der Waals surface area contributed by atoms with Gasteiger partial charge in [-0.1, -0.05) is 19.9 Å². The maximum absolute atomic E-state index is 12.7. The molecule has 184 valence electrons. The van der Waals surface area contributed by atoms with Crippen LogP contribution in [0.3, 0.4) is 0 Å². The van der Waals surface area contributed by atoms with Crippen molar-refractivity contribution in [3.63, 3.8) is 0 Å². The second kappa shape index (κ2) is 11.3. The van der Waals surface area contributed by atoms with Crippen molar-refractivity contribution in [2.75, 3.05) is 31.7 Å². The number of ether oxygens (including phenoxy) is 2. The SMILES string of the molecule is COc1cc(C=CC(=O)NC2CCN(c3ccc(C(F)(F)F)cn3)CC2)ccc1OCC(C)C. The summed E-state index contributed by atoms with van der Waals surface area (Å²) in [5.74, 6) is 1.96. The Hall–Kier alpha value is -3.23. The average Bonchev–Trinajstić information content (AvgIpc) is 2.81. The summed E-state index contributed by atoms with van der Waals surface area (Å²) in [5.41, 5.74) is 0.0487. The second-order valence-electron chi connectivity index (χ2n) is 8.62. The summed E-state index contributed by atoms with van der Waals surface area (Å²) in [6, 6.07) is 7.91. The van der Waals surface area contributed by atoms with E-state index in [1.807, 2.05) is 23.1 Å². The number of halogens is 3. The highest BCUT2D eigenvalue weighted by molar-refractivity contribution is 5.92. The van der Waals surface area contributed by atoms with Gasteiger partial charge in [-0.2, -0.15) is 13.2 Å². The van der Waals surface area contributed by atoms with Gasteiger partial charge in [0.25, 0.3) is 0 Å². The van der Waals surface area contributed by atoms with Crippen molar-refractivity contribution in [3.05, 3.63) is 53.7 Å². The van der Waals surface area contributed by atoms with E-state index in [4.69, 9.17) is 9.47 Å². The van der Waals surface area contributed by atoms with E-state index in [0.29, 0.717) is 55.8 Å². The fourth-order valence-corrected chi connectivity index (χ4v) is 3.58. The summed E-state index contributed by atoms with van der Waals surface area (Å²) in [5, 5.41) is 2.99. The van der Waals surface area contributed by atoms with Crippen molar-refractivity contribution in [2.24, 2.45) is 5.92 Å². The van der Waals surface area contributed by atoms with Gasteiger partial charge in [-0.3, -0.25) is 4.79 Å². The van der Waals surface area contributed by atoms with Gasteiger partial charge in [0, 0.05) is 31.4 Å². The molecular formula is C25H30F3N3O3. The number of pyridine rings is 1. The normalized spacial score (nSPS) is 15.1. The summed E-state index contributed by atoms with van der Waals surface area (Å²) in [4.78, 5) is 18.3. The quantitative estimate of drug-likeness (QED) is 0.546. The van der Waals surface area contributed by atoms with E-state index in [1.54, 1.807) is 13.2 Å². The van der Waals surface area contributed by atoms with Gasteiger partial charge >= 0.3 is 6.18 Å². The van der Waals surface area contributed by atoms with Crippen LogP contribution in [0.15, 0.2) is 42.6 Å². The minimum Gasteiger partial charge on any atom is -0.493 e. The molecule has 3 rings (SSSR count). The third-order valence-electron chi connectivity index (χ3n) is 5.43. The average molecular weight is 478 g/mol. The predicted molar refractivity (Wildman–Crippen MR) is 125 cm³/mol. The Morgan fingerprint density at radius 3 is 2.53 bits per heavy atom. The van der Waals surface area contributed by atoms with Crippen LogP contribution in [-0.4, -0.2) is 43.7 Å². The lowest BCUT2D eigenvalue weighted by Gasteiger charge is -2.33. The first-order chi connectivity index (χ1) is 16.2. The van der Waals surface area contributed by atoms with Gasteiger partial charge in [0.2, 0.25) is 5.91 Å². The summed E-state index contributed by atoms with van der Waals surface area (Å²) < 4.78 is 49.3. The molecule has 1 aliphatic rings. The number of nitrogens with one attached hydrogen (secondary N) is 1. The third kappa shape index (κ3) is 7.13. The van der Waals surface area contributed by atoms with Crippen LogP contribution in [0.4, 0.5) is 19.0 Å². The molecule has 1 saturated heterocycles. The zero-order chi connectivity index (χ0) is 24.7. The predicted octanol–water partition coefficient (Wildman–Crippen LogP) is 4.94. The number of anilines is 1. The van der Waals surface area contributed by atoms with E-state index in [1.165, 1.54) is 12.1 Å². The highest BCUT2D eigenvalue weighted by atomic mass is 19.4. The number of amides is 1. The van der Waals surface area contributed by atoms with Gasteiger partial charge in [-0.15, -0.1) is 0 Å². The lowest BCUT2D eigenvalue weighted by Crippen LogP contribution is -2.44. The van der Waals surface area contributed by atoms with Crippen molar-refractivity contribution in [3.8, 4) is 11.5 Å². The number of benzene rings is 1. The molecule has 0 radical (unpaired) electrons. The monoisotopic (exact) mass is 477 g/mol. The molecule has 6 nitrogen and oxygen atoms in total. The zero-order valence-electron chi connectivity index (χ0n) is 19.6. The van der Waals surface area contributed by atoms with Crippen LogP contribution in [0.2, 0.25) is 0 Å². The van der Waals surface area contributed by atoms with E-state index in [2.05, 4.69) is 24.1 Å². The highest BCUT2D eigenvalue weighted by Crippen LogP contribution is 2.30. The van der Waals surface area contributed by atoms with Crippen molar-refractivity contribution < 1.29 is 27.4 Å². The summed E-state index contributed by atoms with van der Waals surface area (Å²) in [7, 11) is 1.57. The van der Waals surface area contributed by atoms with Gasteiger partial charge < -0.3 is 19.7 Å². The molecule has 1 amide bonds. The topological polar surface area (TPSA) is 63.7 Å². The van der Waals surface area contributed by atoms with Gasteiger partial charge in [-0.25, -0.2) is 4.98 Å². The first-order valence-corrected chi connectivity index (χ1v) is 11.2. The maximum atomic E-state index is 12.7. The minimum atomic E-state index is -4.40. The van der Waals surface area contributed by atoms with Crippen molar-refractivity contribution in [1.82, 2.24) is 10.3 Å². The Kier molecular flexibility index (Phi) is 8.41. The van der Waals surface area contributed by atoms with E-state index < -0.39 is 11.7 Å². The van der Waals surface area contributed by atoms with E-state index in [0.717, 1.165) is 17.8 Å². The fraction of sp³-hybridized carbons (Fsp3) is 0.440. The molecule has 1 N–H and O–H groups in total. The van der Waals surface area contributed by atoms with Crippen LogP contribution in [0.1, 0.15) is 37.8 Å². The third-order valence-corrected chi connectivity index (χ3v) is 5.43. The second-order valence-corrected chi connectivity index (χ2v) is 8.62. The van der Waals surface area contributed by atoms with Crippen LogP contribution < -0.4 is 19.7 Å². The van der Waals surface area contributed by atoms with E-state index in [9.17, 15) is 18.0 Å². The number of methoxy groups -OCH3 is 1. The van der Waals surface area contributed by atoms with Crippen LogP contribution in [-0.2, 0) is 11.0 Å². The zero-order valence-corrected chi connectivity index (χ0v) is 19.6. The van der Waals surface area contributed by atoms with Crippen LogP contribution >= 0.6 is 0 Å². The van der Waals surface area contributed by atoms with Gasteiger partial charge in [0.1, 0.15) is 5.82 Å². The van der Waals surface area contributed by atoms with Gasteiger partial charge in [0.05, 0.1) is 19.3 Å². The summed E-state index contributed by atoms with van der Waals surface area (Å²) >= 11 is 0. The number of hydrogen-bond acceptors (Lipinski definition) is 5. The Morgan fingerprint density at radius 2 is 1.94 bits per heavy atom. The number of nitrogens with zero attached hydrogens (tertiary/aromatic N) is 2. The molecule has 1 aliphatic heterocycles. The minimum absolute atomic E-state index is 0.0100. The van der Waals surface area contributed by atoms with Gasteiger partial charge in [-0.05, 0) is 54.7 Å². The van der Waals surface area contributed by atoms with Crippen molar-refractivity contribution in [1.29, 1.82) is 0 Å². The van der Waals surface area contributed by atoms with Crippen LogP contribution in [0.5, 0.6) is 11.5 Å². The molecule has 1 aromatic carbocycles. The number of carbonyl (C=O) groups is 1. The molecule has 2 heterocycles. The molecule has 0 spiro atoms. The summed E-state index contributed by atoms with van der Waals surface area (Å²) in [6.07, 6.45) is 1.01. The molecule has 9 heteroatoms. The van der Waals surface area contributed by atoms with E-state index >= 15 is 0 Å². The molecule has 1 fully saturated rings. The van der Waals surface area contributed by atoms with Crippen LogP contribution in [0.25, 0.3) is 6.08 Å². The number of hydrogen-bond donors (Lipinski definition) is 1. The lowest BCUT2D eigenvalue weighted by molar-refractivity contribution is -0.137. The Balaban J connectivity index is 1.49. The molecule has 1 aromatic heterocycles. The Morgan fingerprint density at radius 1 is 1.21 bits per heavy atom. The first kappa shape index (κ1) is 25.4. The molecule has 0 unspecified atom stereocenters. The van der Waals surface area contributed by atoms with Crippen LogP contribution in [0, 0.1) is 5.92 Å². The number of aromatic nitrogens is 1. The van der Waals surface area contributed by atoms with Gasteiger partial charge in [0.15, 0.2) is 11.5 Å². The maximum Gasteiger partial charge on any atom is 0.417 e. The smallest absolute Gasteiger partial charge is 0.417 e. The van der Waals surface area contributed by atoms with E-state index in [-0.39, 0.29) is 11.9 Å². The molecule has 0 saturated carbocycles. The first-order valence-electron chi connectivity index (χ1n) is 11.2. The van der Waals surface area contributed by atoms with Crippen molar-refractivity contribution in [2.45, 2.75) is 38.9 Å². The molecule has 0 bridgehead atoms. The number of alkyl halides is 3. The Bertz CT molecular complexity index is 983. The highest BCUT2D eigenvalue weighted by Gasteiger charge is 2.31. The molecule has 34 heavy (non-hydrogen) atoms. The molecular weight excluding hydrogens is 447 g/mol. The van der Waals surface area contributed by atoms with Crippen molar-refractivity contribution >= 4 is 17.8 Å². The number of rotatable bonds is 8. The largest absolute Gasteiger partial charge is 0.493 e. The lowest BCUT2D eigenvalue weighted by atomic mass is 10.0. The fourth-order valence-electron chi connectivity index (χ4n) is 3.58. The number of carbonyl (C=O) groups excluding carboxylic acids is 1.